The van der Waals surface area contributed by atoms with Crippen LogP contribution in [0.5, 0.6) is 0 Å². The summed E-state index contributed by atoms with van der Waals surface area (Å²) in [4.78, 5) is 0. The molecule has 2 aromatic carbocycles. The lowest BCUT2D eigenvalue weighted by molar-refractivity contribution is 1.31. The normalized spacial score (nSPS) is 11.0. The second-order valence-electron chi connectivity index (χ2n) is 4.46. The number of nitrogens with one attached hydrogen (secondary N) is 1. The van der Waals surface area contributed by atoms with Gasteiger partial charge in [0.25, 0.3) is 0 Å². The smallest absolute Gasteiger partial charge is 0.0991 e. The van der Waals surface area contributed by atoms with Gasteiger partial charge in [0.15, 0.2) is 0 Å². The number of halogens is 1. The van der Waals surface area contributed by atoms with Crippen LogP contribution < -0.4 is 5.43 Å². The molecule has 0 fully saturated rings. The van der Waals surface area contributed by atoms with Crippen LogP contribution >= 0.6 is 11.6 Å². The highest BCUT2D eigenvalue weighted by atomic mass is 35.5. The summed E-state index contributed by atoms with van der Waals surface area (Å²) in [6.07, 6.45) is 0. The van der Waals surface area contributed by atoms with Gasteiger partial charge in [-0.2, -0.15) is 10.4 Å². The first kappa shape index (κ1) is 14.1. The number of benzene rings is 2. The van der Waals surface area contributed by atoms with Crippen molar-refractivity contribution in [2.24, 2.45) is 5.10 Å². The summed E-state index contributed by atoms with van der Waals surface area (Å²) in [7, 11) is 0. The molecule has 0 radical (unpaired) electrons. The van der Waals surface area contributed by atoms with Crippen molar-refractivity contribution in [3.05, 3.63) is 64.2 Å². The van der Waals surface area contributed by atoms with Gasteiger partial charge >= 0.3 is 0 Å². The number of hydrogen-bond acceptors (Lipinski definition) is 3. The van der Waals surface area contributed by atoms with E-state index in [0.29, 0.717) is 10.6 Å². The first-order chi connectivity index (χ1) is 9.60. The quantitative estimate of drug-likeness (QED) is 0.672. The predicted octanol–water partition coefficient (Wildman–Crippen LogP) is 4.36. The average molecular weight is 284 g/mol. The molecule has 0 aliphatic carbocycles. The molecule has 2 aromatic rings. The predicted molar refractivity (Wildman–Crippen MR) is 83.2 cm³/mol. The van der Waals surface area contributed by atoms with E-state index in [0.717, 1.165) is 22.5 Å². The molecule has 0 unspecified atom stereocenters. The molecule has 0 heterocycles. The Labute approximate surface area is 123 Å². The topological polar surface area (TPSA) is 48.2 Å². The van der Waals surface area contributed by atoms with Crippen LogP contribution in [0.15, 0.2) is 47.6 Å². The second-order valence-corrected chi connectivity index (χ2v) is 4.87. The Bertz CT molecular complexity index is 682. The molecule has 0 saturated carbocycles. The molecule has 20 heavy (non-hydrogen) atoms. The van der Waals surface area contributed by atoms with E-state index in [1.54, 1.807) is 12.1 Å². The molecule has 0 saturated heterocycles. The summed E-state index contributed by atoms with van der Waals surface area (Å²) < 4.78 is 0. The van der Waals surface area contributed by atoms with Gasteiger partial charge in [0.05, 0.1) is 23.0 Å². The molecule has 4 heteroatoms. The minimum atomic E-state index is 0.639. The van der Waals surface area contributed by atoms with Crippen LogP contribution in [-0.2, 0) is 0 Å². The van der Waals surface area contributed by atoms with Crippen molar-refractivity contribution < 1.29 is 0 Å². The highest BCUT2D eigenvalue weighted by Gasteiger charge is 1.99. The first-order valence-corrected chi connectivity index (χ1v) is 6.55. The fourth-order valence-corrected chi connectivity index (χ4v) is 1.84. The van der Waals surface area contributed by atoms with E-state index in [1.165, 1.54) is 0 Å². The zero-order valence-corrected chi connectivity index (χ0v) is 12.1. The zero-order valence-electron chi connectivity index (χ0n) is 11.3. The van der Waals surface area contributed by atoms with E-state index in [4.69, 9.17) is 16.9 Å². The van der Waals surface area contributed by atoms with E-state index in [-0.39, 0.29) is 0 Å². The number of nitriles is 1. The van der Waals surface area contributed by atoms with Crippen LogP contribution in [0, 0.1) is 18.3 Å². The minimum Gasteiger partial charge on any atom is -0.278 e. The zero-order chi connectivity index (χ0) is 14.5. The van der Waals surface area contributed by atoms with Crippen LogP contribution in [0.1, 0.15) is 23.6 Å². The molecule has 3 nitrogen and oxygen atoms in total. The summed E-state index contributed by atoms with van der Waals surface area (Å²) in [6, 6.07) is 15.1. The Morgan fingerprint density at radius 1 is 1.20 bits per heavy atom. The van der Waals surface area contributed by atoms with Crippen molar-refractivity contribution in [1.82, 2.24) is 0 Å². The lowest BCUT2D eigenvalue weighted by Crippen LogP contribution is -1.99. The summed E-state index contributed by atoms with van der Waals surface area (Å²) in [5.41, 5.74) is 7.30. The van der Waals surface area contributed by atoms with Gasteiger partial charge in [-0.05, 0) is 49.2 Å². The number of nitrogens with zero attached hydrogens (tertiary/aromatic N) is 2. The fourth-order valence-electron chi connectivity index (χ4n) is 1.66. The van der Waals surface area contributed by atoms with Gasteiger partial charge in [-0.25, -0.2) is 0 Å². The van der Waals surface area contributed by atoms with Crippen molar-refractivity contribution in [2.45, 2.75) is 13.8 Å². The van der Waals surface area contributed by atoms with Crippen LogP contribution in [0.3, 0.4) is 0 Å². The lowest BCUT2D eigenvalue weighted by Gasteiger charge is -2.05. The maximum absolute atomic E-state index is 8.76. The van der Waals surface area contributed by atoms with Crippen LogP contribution in [0.25, 0.3) is 0 Å². The van der Waals surface area contributed by atoms with E-state index < -0.39 is 0 Å². The van der Waals surface area contributed by atoms with Crippen molar-refractivity contribution in [1.29, 1.82) is 5.26 Å². The van der Waals surface area contributed by atoms with Crippen LogP contribution in [0.2, 0.25) is 5.02 Å². The monoisotopic (exact) mass is 283 g/mol. The molecule has 0 aromatic heterocycles. The SMILES string of the molecule is C/C(=N/Nc1ccc(C)c(Cl)c1)c1ccc(C#N)cc1. The Morgan fingerprint density at radius 2 is 1.90 bits per heavy atom. The van der Waals surface area contributed by atoms with Crippen molar-refractivity contribution in [2.75, 3.05) is 5.43 Å². The Hall–Kier alpha value is -2.31. The van der Waals surface area contributed by atoms with E-state index in [2.05, 4.69) is 16.6 Å². The lowest BCUT2D eigenvalue weighted by atomic mass is 10.1. The summed E-state index contributed by atoms with van der Waals surface area (Å²) >= 11 is 6.06. The maximum atomic E-state index is 8.76. The summed E-state index contributed by atoms with van der Waals surface area (Å²) in [6.45, 7) is 3.86. The van der Waals surface area contributed by atoms with E-state index in [9.17, 15) is 0 Å². The van der Waals surface area contributed by atoms with Gasteiger partial charge in [-0.15, -0.1) is 0 Å². The standard InChI is InChI=1S/C16H14ClN3/c1-11-3-8-15(9-16(11)17)20-19-12(2)14-6-4-13(10-18)5-7-14/h3-9,20H,1-2H3/b19-12-. The van der Waals surface area contributed by atoms with Gasteiger partial charge in [-0.3, -0.25) is 5.43 Å². The van der Waals surface area contributed by atoms with Crippen molar-refractivity contribution in [3.63, 3.8) is 0 Å². The Morgan fingerprint density at radius 3 is 2.50 bits per heavy atom. The number of hydrogen-bond donors (Lipinski definition) is 1. The third-order valence-corrected chi connectivity index (χ3v) is 3.36. The Kier molecular flexibility index (Phi) is 4.39. The highest BCUT2D eigenvalue weighted by molar-refractivity contribution is 6.31. The molecule has 0 bridgehead atoms. The average Bonchev–Trinajstić information content (AvgIpc) is 2.48. The maximum Gasteiger partial charge on any atom is 0.0991 e. The molecular weight excluding hydrogens is 270 g/mol. The Balaban J connectivity index is 2.13. The number of rotatable bonds is 3. The van der Waals surface area contributed by atoms with Crippen molar-refractivity contribution >= 4 is 23.0 Å². The largest absolute Gasteiger partial charge is 0.278 e. The fraction of sp³-hybridized carbons (Fsp3) is 0.125. The molecule has 2 rings (SSSR count). The van der Waals surface area contributed by atoms with Gasteiger partial charge in [-0.1, -0.05) is 29.8 Å². The molecular formula is C16H14ClN3. The van der Waals surface area contributed by atoms with E-state index in [1.807, 2.05) is 44.2 Å². The minimum absolute atomic E-state index is 0.639. The molecule has 0 spiro atoms. The third-order valence-electron chi connectivity index (χ3n) is 2.96. The summed E-state index contributed by atoms with van der Waals surface area (Å²) in [5.74, 6) is 0. The number of anilines is 1. The molecule has 0 atom stereocenters. The van der Waals surface area contributed by atoms with Gasteiger partial charge in [0.1, 0.15) is 0 Å². The van der Waals surface area contributed by atoms with Gasteiger partial charge in [0, 0.05) is 5.02 Å². The van der Waals surface area contributed by atoms with Crippen LogP contribution in [0.4, 0.5) is 5.69 Å². The molecule has 0 amide bonds. The first-order valence-electron chi connectivity index (χ1n) is 6.17. The summed E-state index contributed by atoms with van der Waals surface area (Å²) in [5, 5.41) is 13.8. The molecule has 0 aliphatic heterocycles. The van der Waals surface area contributed by atoms with Crippen LogP contribution in [-0.4, -0.2) is 5.71 Å². The van der Waals surface area contributed by atoms with Gasteiger partial charge < -0.3 is 0 Å². The number of aryl methyl sites for hydroxylation is 1. The molecule has 100 valence electrons. The highest BCUT2D eigenvalue weighted by Crippen LogP contribution is 2.20. The third kappa shape index (κ3) is 3.37. The molecule has 1 N–H and O–H groups in total. The van der Waals surface area contributed by atoms with E-state index >= 15 is 0 Å². The van der Waals surface area contributed by atoms with Crippen molar-refractivity contribution in [3.8, 4) is 6.07 Å². The number of hydrazone groups is 1. The second kappa shape index (κ2) is 6.23. The van der Waals surface area contributed by atoms with Gasteiger partial charge in [0.2, 0.25) is 0 Å². The molecule has 0 aliphatic rings.